The maximum atomic E-state index is 12.3. The Kier molecular flexibility index (Phi) is 5.68. The van der Waals surface area contributed by atoms with Crippen molar-refractivity contribution in [1.82, 2.24) is 0 Å². The summed E-state index contributed by atoms with van der Waals surface area (Å²) < 4.78 is 10.6. The van der Waals surface area contributed by atoms with Crippen molar-refractivity contribution in [3.8, 4) is 5.75 Å². The van der Waals surface area contributed by atoms with E-state index >= 15 is 0 Å². The van der Waals surface area contributed by atoms with Crippen molar-refractivity contribution in [2.75, 3.05) is 17.2 Å². The predicted octanol–water partition coefficient (Wildman–Crippen LogP) is 3.25. The average Bonchev–Trinajstić information content (AvgIpc) is 3.15. The minimum Gasteiger partial charge on any atom is -0.464 e. The Morgan fingerprint density at radius 3 is 2.78 bits per heavy atom. The van der Waals surface area contributed by atoms with Crippen LogP contribution in [0.4, 0.5) is 11.4 Å². The molecule has 146 valence electrons. The number of esters is 1. The van der Waals surface area contributed by atoms with Gasteiger partial charge in [0, 0.05) is 18.2 Å². The fraction of sp³-hybridized carbons (Fsp3) is 0.550. The molecule has 1 fully saturated rings. The Bertz CT molecular complexity index is 742. The number of rotatable bonds is 6. The molecule has 0 saturated heterocycles. The molecular weight excluding hydrogens is 348 g/mol. The molecule has 27 heavy (non-hydrogen) atoms. The number of amides is 2. The van der Waals surface area contributed by atoms with E-state index in [1.165, 1.54) is 32.6 Å². The lowest BCUT2D eigenvalue weighted by atomic mass is 10.0. The molecule has 1 heterocycles. The number of carbonyl (C=O) groups excluding carboxylic acids is 3. The number of ether oxygens (including phenoxy) is 2. The largest absolute Gasteiger partial charge is 0.464 e. The summed E-state index contributed by atoms with van der Waals surface area (Å²) in [5.74, 6) is -0.405. The molecule has 0 spiro atoms. The normalized spacial score (nSPS) is 21.8. The summed E-state index contributed by atoms with van der Waals surface area (Å²) in [6.07, 6.45) is 6.35. The Balaban J connectivity index is 1.66. The highest BCUT2D eigenvalue weighted by Crippen LogP contribution is 2.36. The smallest absolute Gasteiger partial charge is 0.360 e. The van der Waals surface area contributed by atoms with Gasteiger partial charge in [-0.2, -0.15) is 0 Å². The van der Waals surface area contributed by atoms with Crippen LogP contribution in [0.3, 0.4) is 0 Å². The van der Waals surface area contributed by atoms with Crippen molar-refractivity contribution in [2.45, 2.75) is 58.0 Å². The van der Waals surface area contributed by atoms with Crippen molar-refractivity contribution < 1.29 is 23.9 Å². The molecule has 1 aromatic carbocycles. The van der Waals surface area contributed by atoms with Crippen molar-refractivity contribution in [3.05, 3.63) is 18.2 Å². The second-order valence-corrected chi connectivity index (χ2v) is 7.26. The van der Waals surface area contributed by atoms with Crippen LogP contribution in [0.5, 0.6) is 5.75 Å². The van der Waals surface area contributed by atoms with Gasteiger partial charge in [0.15, 0.2) is 0 Å². The molecule has 0 radical (unpaired) electrons. The lowest BCUT2D eigenvalue weighted by molar-refractivity contribution is -0.165. The molecule has 7 nitrogen and oxygen atoms in total. The molecule has 0 aromatic heterocycles. The molecule has 2 amide bonds. The Morgan fingerprint density at radius 2 is 2.07 bits per heavy atom. The molecule has 2 aliphatic rings. The summed E-state index contributed by atoms with van der Waals surface area (Å²) in [6.45, 7) is 3.18. The minimum atomic E-state index is -1.76. The number of hydrogen-bond donors (Lipinski definition) is 2. The summed E-state index contributed by atoms with van der Waals surface area (Å²) in [6, 6.07) is 4.95. The highest BCUT2D eigenvalue weighted by Gasteiger charge is 2.48. The van der Waals surface area contributed by atoms with Gasteiger partial charge < -0.3 is 20.1 Å². The number of carbonyl (C=O) groups is 3. The van der Waals surface area contributed by atoms with Crippen LogP contribution in [0.2, 0.25) is 0 Å². The fourth-order valence-corrected chi connectivity index (χ4v) is 3.56. The maximum absolute atomic E-state index is 12.3. The summed E-state index contributed by atoms with van der Waals surface area (Å²) in [4.78, 5) is 36.6. The quantitative estimate of drug-likeness (QED) is 0.589. The molecule has 0 bridgehead atoms. The molecule has 1 atom stereocenters. The van der Waals surface area contributed by atoms with Crippen LogP contribution in [0.1, 0.15) is 52.4 Å². The summed E-state index contributed by atoms with van der Waals surface area (Å²) in [7, 11) is 0. The van der Waals surface area contributed by atoms with E-state index < -0.39 is 17.5 Å². The summed E-state index contributed by atoms with van der Waals surface area (Å²) in [5.41, 5.74) is -0.744. The van der Waals surface area contributed by atoms with E-state index in [1.54, 1.807) is 25.1 Å². The van der Waals surface area contributed by atoms with Gasteiger partial charge >= 0.3 is 5.97 Å². The molecule has 1 saturated carbocycles. The molecule has 7 heteroatoms. The monoisotopic (exact) mass is 374 g/mol. The van der Waals surface area contributed by atoms with Crippen molar-refractivity contribution in [3.63, 3.8) is 0 Å². The second kappa shape index (κ2) is 7.98. The third kappa shape index (κ3) is 4.23. The van der Waals surface area contributed by atoms with Gasteiger partial charge in [-0.1, -0.05) is 25.7 Å². The van der Waals surface area contributed by atoms with Crippen LogP contribution in [0, 0.1) is 5.92 Å². The van der Waals surface area contributed by atoms with E-state index in [0.717, 1.165) is 6.42 Å². The van der Waals surface area contributed by atoms with Crippen molar-refractivity contribution in [1.29, 1.82) is 0 Å². The molecule has 2 N–H and O–H groups in total. The molecule has 3 rings (SSSR count). The molecule has 1 aliphatic carbocycles. The molecular formula is C20H26N2O5. The molecule has 1 aliphatic heterocycles. The fourth-order valence-electron chi connectivity index (χ4n) is 3.56. The van der Waals surface area contributed by atoms with Crippen LogP contribution < -0.4 is 15.4 Å². The standard InChI is InChI=1S/C20H26N2O5/c1-3-26-19(25)20(2)18(24)22-15-10-9-14(12-16(15)27-20)21-17(23)11-8-13-6-4-5-7-13/h9-10,12-13H,3-8,11H2,1-2H3,(H,21,23)(H,22,24)/t20-/m1/s1. The van der Waals surface area contributed by atoms with Crippen molar-refractivity contribution >= 4 is 29.2 Å². The Labute approximate surface area is 158 Å². The first-order chi connectivity index (χ1) is 12.9. The van der Waals surface area contributed by atoms with E-state index in [4.69, 9.17) is 9.47 Å². The van der Waals surface area contributed by atoms with Crippen LogP contribution >= 0.6 is 0 Å². The van der Waals surface area contributed by atoms with E-state index in [1.807, 2.05) is 0 Å². The SMILES string of the molecule is CCOC(=O)[C@]1(C)Oc2cc(NC(=O)CCC3CCCC3)ccc2NC1=O. The zero-order chi connectivity index (χ0) is 19.4. The van der Waals surface area contributed by atoms with Gasteiger partial charge in [-0.3, -0.25) is 9.59 Å². The first-order valence-corrected chi connectivity index (χ1v) is 9.54. The highest BCUT2D eigenvalue weighted by molar-refractivity contribution is 6.14. The Hall–Kier alpha value is -2.57. The predicted molar refractivity (Wildman–Crippen MR) is 101 cm³/mol. The number of anilines is 2. The lowest BCUT2D eigenvalue weighted by Gasteiger charge is -2.32. The van der Waals surface area contributed by atoms with Gasteiger partial charge in [0.05, 0.1) is 12.3 Å². The van der Waals surface area contributed by atoms with E-state index in [0.29, 0.717) is 29.5 Å². The van der Waals surface area contributed by atoms with Gasteiger partial charge in [0.2, 0.25) is 5.91 Å². The molecule has 0 unspecified atom stereocenters. The second-order valence-electron chi connectivity index (χ2n) is 7.26. The summed E-state index contributed by atoms with van der Waals surface area (Å²) in [5, 5.41) is 5.52. The van der Waals surface area contributed by atoms with Gasteiger partial charge in [0.1, 0.15) is 5.75 Å². The number of benzene rings is 1. The van der Waals surface area contributed by atoms with Gasteiger partial charge in [-0.05, 0) is 38.3 Å². The Morgan fingerprint density at radius 1 is 1.33 bits per heavy atom. The average molecular weight is 374 g/mol. The zero-order valence-electron chi connectivity index (χ0n) is 15.8. The van der Waals surface area contributed by atoms with Crippen molar-refractivity contribution in [2.24, 2.45) is 5.92 Å². The minimum absolute atomic E-state index is 0.0464. The van der Waals surface area contributed by atoms with Crippen LogP contribution in [-0.2, 0) is 19.1 Å². The van der Waals surface area contributed by atoms with E-state index in [-0.39, 0.29) is 12.5 Å². The van der Waals surface area contributed by atoms with Gasteiger partial charge in [0.25, 0.3) is 11.5 Å². The number of nitrogens with one attached hydrogen (secondary N) is 2. The third-order valence-corrected chi connectivity index (χ3v) is 5.18. The highest BCUT2D eigenvalue weighted by atomic mass is 16.6. The lowest BCUT2D eigenvalue weighted by Crippen LogP contribution is -2.55. The topological polar surface area (TPSA) is 93.7 Å². The molecule has 1 aromatic rings. The first kappa shape index (κ1) is 19.2. The van der Waals surface area contributed by atoms with Crippen LogP contribution in [-0.4, -0.2) is 30.0 Å². The van der Waals surface area contributed by atoms with Crippen LogP contribution in [0.15, 0.2) is 18.2 Å². The van der Waals surface area contributed by atoms with E-state index in [2.05, 4.69) is 10.6 Å². The number of fused-ring (bicyclic) bond motifs is 1. The number of hydrogen-bond acceptors (Lipinski definition) is 5. The maximum Gasteiger partial charge on any atom is 0.360 e. The van der Waals surface area contributed by atoms with E-state index in [9.17, 15) is 14.4 Å². The first-order valence-electron chi connectivity index (χ1n) is 9.54. The third-order valence-electron chi connectivity index (χ3n) is 5.18. The van der Waals surface area contributed by atoms with Gasteiger partial charge in [-0.15, -0.1) is 0 Å². The zero-order valence-corrected chi connectivity index (χ0v) is 15.8. The van der Waals surface area contributed by atoms with Crippen LogP contribution in [0.25, 0.3) is 0 Å². The summed E-state index contributed by atoms with van der Waals surface area (Å²) >= 11 is 0. The van der Waals surface area contributed by atoms with Gasteiger partial charge in [-0.25, -0.2) is 4.79 Å².